The molecule has 0 fully saturated rings. The average Bonchev–Trinajstić information content (AvgIpc) is 2.67. The van der Waals surface area contributed by atoms with Gasteiger partial charge in [0.05, 0.1) is 30.2 Å². The Morgan fingerprint density at radius 1 is 1.33 bits per heavy atom. The van der Waals surface area contributed by atoms with Crippen LogP contribution in [0.4, 0.5) is 0 Å². The van der Waals surface area contributed by atoms with Crippen molar-refractivity contribution in [2.24, 2.45) is 0 Å². The summed E-state index contributed by atoms with van der Waals surface area (Å²) < 4.78 is 10.5. The highest BCUT2D eigenvalue weighted by atomic mass is 16.5. The van der Waals surface area contributed by atoms with E-state index < -0.39 is 0 Å². The van der Waals surface area contributed by atoms with Crippen LogP contribution in [0.5, 0.6) is 17.2 Å². The van der Waals surface area contributed by atoms with Gasteiger partial charge in [0.25, 0.3) is 5.56 Å². The minimum absolute atomic E-state index is 0.00417. The SMILES string of the molecule is CCOc1ccc2nc(C(C#N)=Cc3ccc(O)c(OC)c3)[nH]c(=O)c2c1. The summed E-state index contributed by atoms with van der Waals surface area (Å²) in [7, 11) is 1.44. The number of aromatic nitrogens is 2. The van der Waals surface area contributed by atoms with Gasteiger partial charge in [0.2, 0.25) is 0 Å². The topological polar surface area (TPSA) is 108 Å². The maximum atomic E-state index is 12.4. The molecule has 27 heavy (non-hydrogen) atoms. The van der Waals surface area contributed by atoms with Crippen LogP contribution in [0.3, 0.4) is 0 Å². The van der Waals surface area contributed by atoms with E-state index in [-0.39, 0.29) is 28.5 Å². The number of nitrogens with one attached hydrogen (secondary N) is 1. The first-order chi connectivity index (χ1) is 13.0. The van der Waals surface area contributed by atoms with Gasteiger partial charge in [0, 0.05) is 0 Å². The van der Waals surface area contributed by atoms with Gasteiger partial charge in [-0.15, -0.1) is 0 Å². The number of phenolic OH excluding ortho intramolecular Hbond substituents is 1. The number of phenols is 1. The van der Waals surface area contributed by atoms with Crippen LogP contribution in [-0.4, -0.2) is 28.8 Å². The van der Waals surface area contributed by atoms with Crippen molar-refractivity contribution in [3.05, 3.63) is 58.1 Å². The Balaban J connectivity index is 2.08. The molecule has 1 aromatic heterocycles. The monoisotopic (exact) mass is 363 g/mol. The zero-order valence-corrected chi connectivity index (χ0v) is 14.8. The van der Waals surface area contributed by atoms with E-state index in [0.717, 1.165) is 0 Å². The van der Waals surface area contributed by atoms with Crippen LogP contribution >= 0.6 is 0 Å². The number of nitrogens with zero attached hydrogens (tertiary/aromatic N) is 2. The van der Waals surface area contributed by atoms with E-state index in [1.165, 1.54) is 13.2 Å². The van der Waals surface area contributed by atoms with Crippen LogP contribution in [0.25, 0.3) is 22.6 Å². The lowest BCUT2D eigenvalue weighted by molar-refractivity contribution is 0.340. The Morgan fingerprint density at radius 3 is 2.85 bits per heavy atom. The summed E-state index contributed by atoms with van der Waals surface area (Å²) in [4.78, 5) is 19.5. The Labute approximate surface area is 155 Å². The molecule has 0 saturated carbocycles. The highest BCUT2D eigenvalue weighted by Crippen LogP contribution is 2.28. The molecule has 1 heterocycles. The van der Waals surface area contributed by atoms with Crippen molar-refractivity contribution >= 4 is 22.6 Å². The maximum Gasteiger partial charge on any atom is 0.259 e. The molecule has 0 aliphatic carbocycles. The van der Waals surface area contributed by atoms with E-state index in [1.54, 1.807) is 36.4 Å². The first kappa shape index (κ1) is 18.0. The quantitative estimate of drug-likeness (QED) is 0.674. The second-order valence-corrected chi connectivity index (χ2v) is 5.63. The van der Waals surface area contributed by atoms with E-state index in [9.17, 15) is 15.2 Å². The molecule has 2 aromatic carbocycles. The van der Waals surface area contributed by atoms with Gasteiger partial charge < -0.3 is 19.6 Å². The zero-order chi connectivity index (χ0) is 19.4. The number of aromatic hydroxyl groups is 1. The molecule has 0 amide bonds. The highest BCUT2D eigenvalue weighted by molar-refractivity contribution is 5.89. The molecule has 0 saturated heterocycles. The van der Waals surface area contributed by atoms with Crippen LogP contribution in [0.2, 0.25) is 0 Å². The molecule has 3 rings (SSSR count). The molecule has 0 atom stereocenters. The van der Waals surface area contributed by atoms with Gasteiger partial charge in [-0.05, 0) is 48.9 Å². The molecule has 0 spiro atoms. The minimum atomic E-state index is -0.360. The van der Waals surface area contributed by atoms with Gasteiger partial charge in [-0.3, -0.25) is 4.79 Å². The number of ether oxygens (including phenoxy) is 2. The van der Waals surface area contributed by atoms with Crippen molar-refractivity contribution in [2.45, 2.75) is 6.92 Å². The van der Waals surface area contributed by atoms with Gasteiger partial charge in [-0.25, -0.2) is 4.98 Å². The fraction of sp³-hybridized carbons (Fsp3) is 0.150. The molecule has 0 aliphatic heterocycles. The van der Waals surface area contributed by atoms with Crippen LogP contribution in [0.15, 0.2) is 41.2 Å². The van der Waals surface area contributed by atoms with Crippen molar-refractivity contribution < 1.29 is 14.6 Å². The predicted molar refractivity (Wildman–Crippen MR) is 102 cm³/mol. The summed E-state index contributed by atoms with van der Waals surface area (Å²) >= 11 is 0. The lowest BCUT2D eigenvalue weighted by Crippen LogP contribution is -2.11. The third-order valence-corrected chi connectivity index (χ3v) is 3.88. The van der Waals surface area contributed by atoms with Crippen LogP contribution in [-0.2, 0) is 0 Å². The van der Waals surface area contributed by atoms with Crippen molar-refractivity contribution in [1.29, 1.82) is 5.26 Å². The fourth-order valence-electron chi connectivity index (χ4n) is 2.61. The van der Waals surface area contributed by atoms with Crippen LogP contribution in [0, 0.1) is 11.3 Å². The second-order valence-electron chi connectivity index (χ2n) is 5.63. The lowest BCUT2D eigenvalue weighted by atomic mass is 10.1. The maximum absolute atomic E-state index is 12.4. The van der Waals surface area contributed by atoms with Crippen molar-refractivity contribution in [1.82, 2.24) is 9.97 Å². The van der Waals surface area contributed by atoms with Crippen molar-refractivity contribution in [3.8, 4) is 23.3 Å². The summed E-state index contributed by atoms with van der Waals surface area (Å²) in [6.45, 7) is 2.35. The largest absolute Gasteiger partial charge is 0.504 e. The highest BCUT2D eigenvalue weighted by Gasteiger charge is 2.10. The Hall–Kier alpha value is -3.79. The third kappa shape index (κ3) is 3.75. The number of hydrogen-bond acceptors (Lipinski definition) is 6. The zero-order valence-electron chi connectivity index (χ0n) is 14.8. The Morgan fingerprint density at radius 2 is 2.15 bits per heavy atom. The average molecular weight is 363 g/mol. The summed E-state index contributed by atoms with van der Waals surface area (Å²) in [6, 6.07) is 11.7. The Bertz CT molecular complexity index is 1130. The number of H-pyrrole nitrogens is 1. The van der Waals surface area contributed by atoms with Gasteiger partial charge >= 0.3 is 0 Å². The standard InChI is InChI=1S/C20H17N3O4/c1-3-27-14-5-6-16-15(10-14)20(25)23-19(22-16)13(11-21)8-12-4-7-17(24)18(9-12)26-2/h4-10,24H,3H2,1-2H3,(H,22,23,25). The molecule has 0 bridgehead atoms. The Kier molecular flexibility index (Phi) is 5.08. The second kappa shape index (κ2) is 7.62. The van der Waals surface area contributed by atoms with Gasteiger partial charge in [-0.2, -0.15) is 5.26 Å². The van der Waals surface area contributed by atoms with Crippen LogP contribution < -0.4 is 15.0 Å². The van der Waals surface area contributed by atoms with Crippen molar-refractivity contribution in [3.63, 3.8) is 0 Å². The van der Waals surface area contributed by atoms with E-state index >= 15 is 0 Å². The molecular formula is C20H17N3O4. The summed E-state index contributed by atoms with van der Waals surface area (Å²) in [6.07, 6.45) is 1.56. The lowest BCUT2D eigenvalue weighted by Gasteiger charge is -2.06. The number of aromatic amines is 1. The molecule has 7 heteroatoms. The normalized spacial score (nSPS) is 11.2. The molecule has 7 nitrogen and oxygen atoms in total. The van der Waals surface area contributed by atoms with Gasteiger partial charge in [0.15, 0.2) is 17.3 Å². The number of fused-ring (bicyclic) bond motifs is 1. The van der Waals surface area contributed by atoms with E-state index in [0.29, 0.717) is 28.8 Å². The minimum Gasteiger partial charge on any atom is -0.504 e. The van der Waals surface area contributed by atoms with Gasteiger partial charge in [0.1, 0.15) is 11.8 Å². The van der Waals surface area contributed by atoms with Gasteiger partial charge in [-0.1, -0.05) is 6.07 Å². The number of hydrogen-bond donors (Lipinski definition) is 2. The molecule has 136 valence electrons. The molecule has 0 aliphatic rings. The fourth-order valence-corrected chi connectivity index (χ4v) is 2.61. The number of rotatable bonds is 5. The van der Waals surface area contributed by atoms with E-state index in [1.807, 2.05) is 13.0 Å². The van der Waals surface area contributed by atoms with E-state index in [2.05, 4.69) is 9.97 Å². The first-order valence-corrected chi connectivity index (χ1v) is 8.21. The number of benzene rings is 2. The van der Waals surface area contributed by atoms with E-state index in [4.69, 9.17) is 9.47 Å². The predicted octanol–water partition coefficient (Wildman–Crippen LogP) is 3.10. The summed E-state index contributed by atoms with van der Waals surface area (Å²) in [5.74, 6) is 1.02. The molecule has 3 aromatic rings. The molecule has 2 N–H and O–H groups in total. The van der Waals surface area contributed by atoms with Crippen molar-refractivity contribution in [2.75, 3.05) is 13.7 Å². The number of nitriles is 1. The molecular weight excluding hydrogens is 346 g/mol. The smallest absolute Gasteiger partial charge is 0.259 e. The first-order valence-electron chi connectivity index (χ1n) is 8.21. The third-order valence-electron chi connectivity index (χ3n) is 3.88. The summed E-state index contributed by atoms with van der Waals surface area (Å²) in [5, 5.41) is 19.6. The summed E-state index contributed by atoms with van der Waals surface area (Å²) in [5.41, 5.74) is 0.897. The van der Waals surface area contributed by atoms with Crippen LogP contribution in [0.1, 0.15) is 18.3 Å². The number of methoxy groups -OCH3 is 1. The number of allylic oxidation sites excluding steroid dienone is 1. The molecule has 0 radical (unpaired) electrons. The molecule has 0 unspecified atom stereocenters.